The van der Waals surface area contributed by atoms with Gasteiger partial charge in [0.2, 0.25) is 0 Å². The minimum Gasteiger partial charge on any atom is -0.480 e. The Morgan fingerprint density at radius 3 is 2.80 bits per heavy atom. The quantitative estimate of drug-likeness (QED) is 0.666. The molecule has 0 amide bonds. The van der Waals surface area contributed by atoms with Crippen LogP contribution in [-0.4, -0.2) is 15.8 Å². The Hall–Kier alpha value is -0.440. The van der Waals surface area contributed by atoms with Crippen LogP contribution in [-0.2, 0) is 4.79 Å². The number of allylic oxidation sites excluding steroid dienone is 1. The summed E-state index contributed by atoms with van der Waals surface area (Å²) in [4.78, 5) is 10.7. The summed E-state index contributed by atoms with van der Waals surface area (Å²) < 4.78 is -0.542. The van der Waals surface area contributed by atoms with Gasteiger partial charge >= 0.3 is 5.97 Å². The lowest BCUT2D eigenvalue weighted by Crippen LogP contribution is -2.31. The lowest BCUT2D eigenvalue weighted by atomic mass is 10.0. The number of carboxylic acid groups (broad SMARTS) is 1. The molecule has 10 heavy (non-hydrogen) atoms. The summed E-state index contributed by atoms with van der Waals surface area (Å²) in [7, 11) is 0. The molecule has 0 fully saturated rings. The van der Waals surface area contributed by atoms with Crippen LogP contribution < -0.4 is 0 Å². The lowest BCUT2D eigenvalue weighted by molar-refractivity contribution is -0.139. The molecule has 1 aliphatic heterocycles. The molecule has 1 atom stereocenters. The fourth-order valence-corrected chi connectivity index (χ4v) is 1.89. The monoisotopic (exact) mass is 158 g/mol. The molecule has 0 aromatic heterocycles. The molecule has 0 radical (unpaired) electrons. The number of hydrogen-bond donors (Lipinski definition) is 1. The molecule has 0 spiro atoms. The molecular formula is C7H10O2S. The predicted molar refractivity (Wildman–Crippen MR) is 42.0 cm³/mol. The van der Waals surface area contributed by atoms with Crippen LogP contribution in [0.4, 0.5) is 0 Å². The van der Waals surface area contributed by atoms with Gasteiger partial charge in [0.1, 0.15) is 4.75 Å². The first-order valence-corrected chi connectivity index (χ1v) is 4.15. The standard InChI is InChI=1S/C7H10O2S/c1-2-7(6(8)9)4-3-5-10-7/h3,5H,2,4H2,1H3,(H,8,9). The zero-order valence-electron chi connectivity index (χ0n) is 5.83. The molecule has 0 saturated heterocycles. The van der Waals surface area contributed by atoms with Gasteiger partial charge in [0, 0.05) is 0 Å². The van der Waals surface area contributed by atoms with Crippen molar-refractivity contribution in [1.29, 1.82) is 0 Å². The minimum atomic E-state index is -0.690. The number of aliphatic carboxylic acids is 1. The Morgan fingerprint density at radius 1 is 1.90 bits per heavy atom. The van der Waals surface area contributed by atoms with E-state index in [1.54, 1.807) is 0 Å². The third kappa shape index (κ3) is 1.06. The molecule has 0 aromatic rings. The van der Waals surface area contributed by atoms with E-state index in [0.717, 1.165) is 0 Å². The van der Waals surface area contributed by atoms with Gasteiger partial charge in [-0.3, -0.25) is 4.79 Å². The SMILES string of the molecule is CCC1(C(=O)O)CC=CS1. The van der Waals surface area contributed by atoms with Crippen LogP contribution in [0.3, 0.4) is 0 Å². The third-order valence-electron chi connectivity index (χ3n) is 1.80. The van der Waals surface area contributed by atoms with E-state index in [1.807, 2.05) is 18.4 Å². The van der Waals surface area contributed by atoms with Gasteiger partial charge in [0.05, 0.1) is 0 Å². The number of hydrogen-bond acceptors (Lipinski definition) is 2. The van der Waals surface area contributed by atoms with Gasteiger partial charge in [-0.1, -0.05) is 13.0 Å². The highest BCUT2D eigenvalue weighted by molar-refractivity contribution is 8.04. The van der Waals surface area contributed by atoms with E-state index in [0.29, 0.717) is 12.8 Å². The highest BCUT2D eigenvalue weighted by Crippen LogP contribution is 2.39. The predicted octanol–water partition coefficient (Wildman–Crippen LogP) is 1.87. The molecule has 2 nitrogen and oxygen atoms in total. The van der Waals surface area contributed by atoms with Crippen LogP contribution in [0.2, 0.25) is 0 Å². The summed E-state index contributed by atoms with van der Waals surface area (Å²) in [5.74, 6) is -0.690. The lowest BCUT2D eigenvalue weighted by Gasteiger charge is -2.19. The molecule has 1 aliphatic rings. The summed E-state index contributed by atoms with van der Waals surface area (Å²) in [6, 6.07) is 0. The number of rotatable bonds is 2. The number of carboxylic acids is 1. The molecule has 0 bridgehead atoms. The molecule has 3 heteroatoms. The fraction of sp³-hybridized carbons (Fsp3) is 0.571. The Labute approximate surface area is 64.3 Å². The number of thioether (sulfide) groups is 1. The Balaban J connectivity index is 2.70. The summed E-state index contributed by atoms with van der Waals surface area (Å²) in [6.45, 7) is 1.91. The smallest absolute Gasteiger partial charge is 0.320 e. The van der Waals surface area contributed by atoms with Crippen molar-refractivity contribution in [1.82, 2.24) is 0 Å². The zero-order valence-corrected chi connectivity index (χ0v) is 6.65. The zero-order chi connectivity index (χ0) is 7.61. The van der Waals surface area contributed by atoms with Gasteiger partial charge in [-0.25, -0.2) is 0 Å². The van der Waals surface area contributed by atoms with Crippen molar-refractivity contribution in [3.05, 3.63) is 11.5 Å². The molecule has 1 N–H and O–H groups in total. The van der Waals surface area contributed by atoms with Crippen LogP contribution >= 0.6 is 11.8 Å². The van der Waals surface area contributed by atoms with Gasteiger partial charge in [-0.05, 0) is 18.2 Å². The summed E-state index contributed by atoms with van der Waals surface area (Å²) >= 11 is 1.42. The highest BCUT2D eigenvalue weighted by Gasteiger charge is 2.37. The van der Waals surface area contributed by atoms with Crippen LogP contribution in [0.15, 0.2) is 11.5 Å². The maximum atomic E-state index is 10.7. The normalized spacial score (nSPS) is 30.9. The second-order valence-corrected chi connectivity index (χ2v) is 3.64. The van der Waals surface area contributed by atoms with E-state index in [9.17, 15) is 4.79 Å². The van der Waals surface area contributed by atoms with E-state index in [2.05, 4.69) is 0 Å². The molecule has 56 valence electrons. The van der Waals surface area contributed by atoms with Crippen molar-refractivity contribution in [3.8, 4) is 0 Å². The maximum Gasteiger partial charge on any atom is 0.320 e. The van der Waals surface area contributed by atoms with E-state index in [1.165, 1.54) is 11.8 Å². The van der Waals surface area contributed by atoms with Crippen molar-refractivity contribution in [2.45, 2.75) is 24.5 Å². The Kier molecular flexibility index (Phi) is 2.04. The first-order valence-electron chi connectivity index (χ1n) is 3.27. The molecular weight excluding hydrogens is 148 g/mol. The van der Waals surface area contributed by atoms with E-state index in [4.69, 9.17) is 5.11 Å². The van der Waals surface area contributed by atoms with Gasteiger partial charge in [-0.15, -0.1) is 11.8 Å². The largest absolute Gasteiger partial charge is 0.480 e. The molecule has 1 rings (SSSR count). The average molecular weight is 158 g/mol. The summed E-state index contributed by atoms with van der Waals surface area (Å²) in [5.41, 5.74) is 0. The Morgan fingerprint density at radius 2 is 2.60 bits per heavy atom. The molecule has 0 saturated carbocycles. The van der Waals surface area contributed by atoms with E-state index in [-0.39, 0.29) is 0 Å². The van der Waals surface area contributed by atoms with Crippen LogP contribution in [0.5, 0.6) is 0 Å². The average Bonchev–Trinajstić information content (AvgIpc) is 2.35. The van der Waals surface area contributed by atoms with Gasteiger partial charge in [0.15, 0.2) is 0 Å². The van der Waals surface area contributed by atoms with E-state index >= 15 is 0 Å². The Bertz CT molecular complexity index is 166. The van der Waals surface area contributed by atoms with Gasteiger partial charge < -0.3 is 5.11 Å². The van der Waals surface area contributed by atoms with Crippen molar-refractivity contribution >= 4 is 17.7 Å². The molecule has 1 unspecified atom stereocenters. The number of carbonyl (C=O) groups is 1. The van der Waals surface area contributed by atoms with Crippen molar-refractivity contribution in [3.63, 3.8) is 0 Å². The summed E-state index contributed by atoms with van der Waals surface area (Å²) in [6.07, 6.45) is 3.28. The molecule has 0 aliphatic carbocycles. The minimum absolute atomic E-state index is 0.542. The maximum absolute atomic E-state index is 10.7. The van der Waals surface area contributed by atoms with Crippen LogP contribution in [0, 0.1) is 0 Å². The van der Waals surface area contributed by atoms with Gasteiger partial charge in [0.25, 0.3) is 0 Å². The van der Waals surface area contributed by atoms with Gasteiger partial charge in [-0.2, -0.15) is 0 Å². The van der Waals surface area contributed by atoms with Crippen molar-refractivity contribution < 1.29 is 9.90 Å². The van der Waals surface area contributed by atoms with Crippen molar-refractivity contribution in [2.24, 2.45) is 0 Å². The first-order chi connectivity index (χ1) is 4.71. The molecule has 1 heterocycles. The highest BCUT2D eigenvalue weighted by atomic mass is 32.2. The fourth-order valence-electron chi connectivity index (χ4n) is 0.982. The van der Waals surface area contributed by atoms with Crippen LogP contribution in [0.1, 0.15) is 19.8 Å². The first kappa shape index (κ1) is 7.66. The summed E-state index contributed by atoms with van der Waals surface area (Å²) in [5, 5.41) is 10.7. The van der Waals surface area contributed by atoms with Crippen LogP contribution in [0.25, 0.3) is 0 Å². The third-order valence-corrected chi connectivity index (χ3v) is 3.21. The van der Waals surface area contributed by atoms with E-state index < -0.39 is 10.7 Å². The van der Waals surface area contributed by atoms with Crippen molar-refractivity contribution in [2.75, 3.05) is 0 Å². The second kappa shape index (κ2) is 2.66. The topological polar surface area (TPSA) is 37.3 Å². The second-order valence-electron chi connectivity index (χ2n) is 2.35. The molecule has 0 aromatic carbocycles.